The van der Waals surface area contributed by atoms with Gasteiger partial charge in [-0.15, -0.1) is 11.3 Å². The molecule has 1 aromatic carbocycles. The minimum atomic E-state index is -3.59. The van der Waals surface area contributed by atoms with Crippen LogP contribution in [0.3, 0.4) is 0 Å². The number of hydrogen-bond acceptors (Lipinski definition) is 5. The maximum Gasteiger partial charge on any atom is 0.274 e. The summed E-state index contributed by atoms with van der Waals surface area (Å²) >= 11 is 6.95. The molecule has 0 saturated heterocycles. The predicted octanol–water partition coefficient (Wildman–Crippen LogP) is 3.80. The SMILES string of the molecule is O=C(Nc1ccc2c(c1)CN(S(=O)(=O)c1ccc(Cl)s1)CC2)c1ccccn1. The van der Waals surface area contributed by atoms with Crippen molar-refractivity contribution in [1.82, 2.24) is 9.29 Å². The largest absolute Gasteiger partial charge is 0.321 e. The summed E-state index contributed by atoms with van der Waals surface area (Å²) in [6, 6.07) is 13.8. The number of anilines is 1. The monoisotopic (exact) mass is 433 g/mol. The second kappa shape index (κ2) is 7.63. The van der Waals surface area contributed by atoms with E-state index in [1.165, 1.54) is 10.4 Å². The van der Waals surface area contributed by atoms with Gasteiger partial charge in [-0.2, -0.15) is 4.31 Å². The number of carbonyl (C=O) groups excluding carboxylic acids is 1. The van der Waals surface area contributed by atoms with E-state index in [0.717, 1.165) is 22.5 Å². The molecule has 9 heteroatoms. The Labute approximate surface area is 171 Å². The minimum absolute atomic E-state index is 0.237. The van der Waals surface area contributed by atoms with Crippen LogP contribution in [0.2, 0.25) is 4.34 Å². The Kier molecular flexibility index (Phi) is 5.20. The average molecular weight is 434 g/mol. The quantitative estimate of drug-likeness (QED) is 0.678. The highest BCUT2D eigenvalue weighted by Crippen LogP contribution is 2.31. The number of fused-ring (bicyclic) bond motifs is 1. The topological polar surface area (TPSA) is 79.4 Å². The summed E-state index contributed by atoms with van der Waals surface area (Å²) in [6.07, 6.45) is 2.17. The first-order valence-corrected chi connectivity index (χ1v) is 11.2. The number of sulfonamides is 1. The smallest absolute Gasteiger partial charge is 0.274 e. The van der Waals surface area contributed by atoms with Crippen molar-refractivity contribution in [3.8, 4) is 0 Å². The Morgan fingerprint density at radius 1 is 1.14 bits per heavy atom. The van der Waals surface area contributed by atoms with Crippen LogP contribution in [-0.2, 0) is 23.0 Å². The Morgan fingerprint density at radius 2 is 2.00 bits per heavy atom. The number of thiophene rings is 1. The summed E-state index contributed by atoms with van der Waals surface area (Å²) in [6.45, 7) is 0.658. The van der Waals surface area contributed by atoms with Gasteiger partial charge in [0.15, 0.2) is 0 Å². The van der Waals surface area contributed by atoms with Crippen molar-refractivity contribution in [2.24, 2.45) is 0 Å². The molecule has 144 valence electrons. The van der Waals surface area contributed by atoms with E-state index in [2.05, 4.69) is 10.3 Å². The van der Waals surface area contributed by atoms with E-state index in [-0.39, 0.29) is 16.7 Å². The first-order valence-electron chi connectivity index (χ1n) is 8.53. The lowest BCUT2D eigenvalue weighted by atomic mass is 10.0. The van der Waals surface area contributed by atoms with E-state index in [1.807, 2.05) is 18.2 Å². The highest BCUT2D eigenvalue weighted by molar-refractivity contribution is 7.91. The third kappa shape index (κ3) is 3.81. The molecule has 0 saturated carbocycles. The number of amides is 1. The molecule has 1 amide bonds. The van der Waals surface area contributed by atoms with Gasteiger partial charge < -0.3 is 5.32 Å². The molecule has 0 atom stereocenters. The second-order valence-electron chi connectivity index (χ2n) is 6.30. The molecule has 1 N–H and O–H groups in total. The second-order valence-corrected chi connectivity index (χ2v) is 10.2. The molecule has 2 aromatic heterocycles. The molecule has 6 nitrogen and oxygen atoms in total. The van der Waals surface area contributed by atoms with Crippen LogP contribution < -0.4 is 5.32 Å². The van der Waals surface area contributed by atoms with Gasteiger partial charge in [-0.3, -0.25) is 9.78 Å². The van der Waals surface area contributed by atoms with E-state index >= 15 is 0 Å². The molecule has 0 spiro atoms. The van der Waals surface area contributed by atoms with Gasteiger partial charge in [0.1, 0.15) is 9.90 Å². The fraction of sp³-hybridized carbons (Fsp3) is 0.158. The van der Waals surface area contributed by atoms with Gasteiger partial charge in [0.2, 0.25) is 0 Å². The number of hydrogen-bond donors (Lipinski definition) is 1. The van der Waals surface area contributed by atoms with Crippen LogP contribution in [0.25, 0.3) is 0 Å². The molecular formula is C19H16ClN3O3S2. The number of nitrogens with zero attached hydrogens (tertiary/aromatic N) is 2. The number of aromatic nitrogens is 1. The highest BCUT2D eigenvalue weighted by Gasteiger charge is 2.29. The molecule has 0 unspecified atom stereocenters. The third-order valence-corrected chi connectivity index (χ3v) is 8.03. The fourth-order valence-corrected chi connectivity index (χ4v) is 6.13. The van der Waals surface area contributed by atoms with Crippen molar-refractivity contribution in [2.45, 2.75) is 17.2 Å². The highest BCUT2D eigenvalue weighted by atomic mass is 35.5. The molecule has 1 aliphatic heterocycles. The van der Waals surface area contributed by atoms with Crippen molar-refractivity contribution in [3.63, 3.8) is 0 Å². The van der Waals surface area contributed by atoms with E-state index in [0.29, 0.717) is 28.7 Å². The number of nitrogens with one attached hydrogen (secondary N) is 1. The van der Waals surface area contributed by atoms with Crippen LogP contribution in [0.5, 0.6) is 0 Å². The Bertz CT molecular complexity index is 1130. The van der Waals surface area contributed by atoms with Crippen molar-refractivity contribution in [2.75, 3.05) is 11.9 Å². The van der Waals surface area contributed by atoms with Crippen molar-refractivity contribution >= 4 is 44.6 Å². The van der Waals surface area contributed by atoms with Crippen LogP contribution in [0.4, 0.5) is 5.69 Å². The molecule has 0 fully saturated rings. The molecule has 0 radical (unpaired) electrons. The number of rotatable bonds is 4. The van der Waals surface area contributed by atoms with Crippen LogP contribution in [0.15, 0.2) is 58.9 Å². The third-order valence-electron chi connectivity index (χ3n) is 4.48. The first kappa shape index (κ1) is 19.1. The van der Waals surface area contributed by atoms with Crippen LogP contribution in [0.1, 0.15) is 21.6 Å². The lowest BCUT2D eigenvalue weighted by Gasteiger charge is -2.28. The van der Waals surface area contributed by atoms with E-state index in [4.69, 9.17) is 11.6 Å². The molecule has 4 rings (SSSR count). The van der Waals surface area contributed by atoms with E-state index < -0.39 is 10.0 Å². The van der Waals surface area contributed by atoms with Crippen molar-refractivity contribution < 1.29 is 13.2 Å². The number of carbonyl (C=O) groups is 1. The van der Waals surface area contributed by atoms with E-state index in [9.17, 15) is 13.2 Å². The maximum atomic E-state index is 12.9. The van der Waals surface area contributed by atoms with Gasteiger partial charge >= 0.3 is 0 Å². The molecule has 0 bridgehead atoms. The van der Waals surface area contributed by atoms with Crippen molar-refractivity contribution in [1.29, 1.82) is 0 Å². The number of halogens is 1. The summed E-state index contributed by atoms with van der Waals surface area (Å²) in [4.78, 5) is 16.3. The summed E-state index contributed by atoms with van der Waals surface area (Å²) in [7, 11) is -3.59. The van der Waals surface area contributed by atoms with Gasteiger partial charge in [-0.05, 0) is 53.9 Å². The molecule has 0 aliphatic carbocycles. The van der Waals surface area contributed by atoms with Crippen molar-refractivity contribution in [3.05, 3.63) is 75.9 Å². The maximum absolute atomic E-state index is 12.9. The summed E-state index contributed by atoms with van der Waals surface area (Å²) in [5, 5.41) is 2.81. The zero-order valence-electron chi connectivity index (χ0n) is 14.6. The Morgan fingerprint density at radius 3 is 2.71 bits per heavy atom. The minimum Gasteiger partial charge on any atom is -0.321 e. The molecule has 28 heavy (non-hydrogen) atoms. The zero-order chi connectivity index (χ0) is 19.7. The zero-order valence-corrected chi connectivity index (χ0v) is 17.0. The predicted molar refractivity (Wildman–Crippen MR) is 109 cm³/mol. The van der Waals surface area contributed by atoms with Crippen LogP contribution in [-0.4, -0.2) is 30.2 Å². The number of pyridine rings is 1. The average Bonchev–Trinajstić information content (AvgIpc) is 3.15. The van der Waals surface area contributed by atoms with Gasteiger partial charge in [0.05, 0.1) is 4.34 Å². The normalized spacial score (nSPS) is 14.5. The molecule has 1 aliphatic rings. The summed E-state index contributed by atoms with van der Waals surface area (Å²) in [5.74, 6) is -0.311. The summed E-state index contributed by atoms with van der Waals surface area (Å²) in [5.41, 5.74) is 2.87. The first-order chi connectivity index (χ1) is 13.4. The number of benzene rings is 1. The lowest BCUT2D eigenvalue weighted by Crippen LogP contribution is -2.35. The lowest BCUT2D eigenvalue weighted by molar-refractivity contribution is 0.102. The molecule has 3 aromatic rings. The Hall–Kier alpha value is -2.26. The van der Waals surface area contributed by atoms with Crippen LogP contribution >= 0.6 is 22.9 Å². The summed E-state index contributed by atoms with van der Waals surface area (Å²) < 4.78 is 27.8. The molecule has 3 heterocycles. The van der Waals surface area contributed by atoms with Crippen LogP contribution in [0, 0.1) is 0 Å². The fourth-order valence-electron chi connectivity index (χ4n) is 3.07. The van der Waals surface area contributed by atoms with Gasteiger partial charge in [-0.25, -0.2) is 8.42 Å². The van der Waals surface area contributed by atoms with Gasteiger partial charge in [0, 0.05) is 25.0 Å². The van der Waals surface area contributed by atoms with Gasteiger partial charge in [0.25, 0.3) is 15.9 Å². The Balaban J connectivity index is 1.55. The molecular weight excluding hydrogens is 418 g/mol. The van der Waals surface area contributed by atoms with Gasteiger partial charge in [-0.1, -0.05) is 23.7 Å². The van der Waals surface area contributed by atoms with E-state index in [1.54, 1.807) is 30.5 Å². The standard InChI is InChI=1S/C19H16ClN3O3S2/c20-17-6-7-18(27-17)28(25,26)23-10-8-13-4-5-15(11-14(13)12-23)22-19(24)16-3-1-2-9-21-16/h1-7,9,11H,8,10,12H2,(H,22,24).